The van der Waals surface area contributed by atoms with E-state index < -0.39 is 4.59 Å². The number of halogens is 5. The minimum absolute atomic E-state index is 0.0415. The van der Waals surface area contributed by atoms with Gasteiger partial charge in [0.25, 0.3) is 4.59 Å². The maximum absolute atomic E-state index is 12.8. The third-order valence-electron chi connectivity index (χ3n) is 1.12. The van der Waals surface area contributed by atoms with Gasteiger partial charge in [-0.3, -0.25) is 0 Å². The molecule has 0 fully saturated rings. The largest absolute Gasteiger partial charge is 0.284 e. The molecule has 1 aromatic heterocycles. The van der Waals surface area contributed by atoms with Gasteiger partial charge in [-0.1, -0.05) is 46.4 Å². The van der Waals surface area contributed by atoms with Crippen molar-refractivity contribution >= 4 is 46.4 Å². The van der Waals surface area contributed by atoms with Crippen LogP contribution in [0.25, 0.3) is 0 Å². The summed E-state index contributed by atoms with van der Waals surface area (Å²) in [7, 11) is 0. The van der Waals surface area contributed by atoms with Crippen molar-refractivity contribution in [2.75, 3.05) is 0 Å². The average molecular weight is 249 g/mol. The summed E-state index contributed by atoms with van der Waals surface area (Å²) in [5, 5.41) is 0.190. The van der Waals surface area contributed by atoms with Crippen LogP contribution >= 0.6 is 46.4 Å². The summed E-state index contributed by atoms with van der Waals surface area (Å²) in [6, 6.07) is 1.22. The zero-order valence-electron chi connectivity index (χ0n) is 5.49. The van der Waals surface area contributed by atoms with Gasteiger partial charge in [-0.15, -0.1) is 0 Å². The quantitative estimate of drug-likeness (QED) is 0.542. The minimum Gasteiger partial charge on any atom is -0.242 e. The van der Waals surface area contributed by atoms with Gasteiger partial charge in [-0.2, -0.15) is 0 Å². The summed E-state index contributed by atoms with van der Waals surface area (Å²) in [6.45, 7) is 0. The topological polar surface area (TPSA) is 12.9 Å². The zero-order valence-corrected chi connectivity index (χ0v) is 8.52. The number of nitrogens with zero attached hydrogens (tertiary/aromatic N) is 1. The second-order valence-corrected chi connectivity index (χ2v) is 3.99. The molecule has 0 unspecified atom stereocenters. The Hall–Kier alpha value is 0.240. The lowest BCUT2D eigenvalue weighted by Crippen LogP contribution is -2.02. The van der Waals surface area contributed by atoms with Gasteiger partial charge < -0.3 is 0 Å². The first-order valence-electron chi connectivity index (χ1n) is 2.79. The highest BCUT2D eigenvalue weighted by Crippen LogP contribution is 2.36. The molecule has 6 heteroatoms. The SMILES string of the molecule is FC(Cl)(Cl)c1cnc(Cl)c(Cl)c1. The summed E-state index contributed by atoms with van der Waals surface area (Å²) < 4.78 is 10.3. The highest BCUT2D eigenvalue weighted by Gasteiger charge is 2.26. The molecule has 0 spiro atoms. The first-order chi connectivity index (χ1) is 5.41. The Bertz CT molecular complexity index is 296. The van der Waals surface area contributed by atoms with Crippen LogP contribution in [-0.4, -0.2) is 4.98 Å². The Labute approximate surface area is 88.4 Å². The van der Waals surface area contributed by atoms with Gasteiger partial charge in [-0.25, -0.2) is 9.37 Å². The second kappa shape index (κ2) is 3.54. The fourth-order valence-electron chi connectivity index (χ4n) is 0.576. The molecular weight excluding hydrogens is 247 g/mol. The van der Waals surface area contributed by atoms with E-state index in [0.717, 1.165) is 6.20 Å². The fraction of sp³-hybridized carbons (Fsp3) is 0.167. The van der Waals surface area contributed by atoms with Gasteiger partial charge in [0, 0.05) is 11.8 Å². The molecule has 1 heterocycles. The van der Waals surface area contributed by atoms with Crippen LogP contribution in [0.1, 0.15) is 5.56 Å². The van der Waals surface area contributed by atoms with Crippen LogP contribution in [-0.2, 0) is 4.59 Å². The van der Waals surface area contributed by atoms with Crippen LogP contribution < -0.4 is 0 Å². The second-order valence-electron chi connectivity index (χ2n) is 1.99. The Morgan fingerprint density at radius 3 is 2.33 bits per heavy atom. The smallest absolute Gasteiger partial charge is 0.242 e. The van der Waals surface area contributed by atoms with Gasteiger partial charge in [0.05, 0.1) is 5.02 Å². The monoisotopic (exact) mass is 247 g/mol. The molecule has 0 saturated heterocycles. The van der Waals surface area contributed by atoms with Crippen molar-refractivity contribution in [3.8, 4) is 0 Å². The van der Waals surface area contributed by atoms with Gasteiger partial charge in [-0.05, 0) is 6.07 Å². The van der Waals surface area contributed by atoms with Gasteiger partial charge in [0.15, 0.2) is 0 Å². The van der Waals surface area contributed by atoms with Crippen molar-refractivity contribution in [2.24, 2.45) is 0 Å². The molecule has 0 saturated carbocycles. The molecule has 0 N–H and O–H groups in total. The predicted octanol–water partition coefficient (Wildman–Crippen LogP) is 3.95. The number of hydrogen-bond donors (Lipinski definition) is 0. The molecule has 12 heavy (non-hydrogen) atoms. The molecule has 0 radical (unpaired) electrons. The molecule has 66 valence electrons. The van der Waals surface area contributed by atoms with Crippen molar-refractivity contribution in [1.82, 2.24) is 4.98 Å². The predicted molar refractivity (Wildman–Crippen MR) is 48.7 cm³/mol. The lowest BCUT2D eigenvalue weighted by molar-refractivity contribution is 0.404. The number of rotatable bonds is 1. The summed E-state index contributed by atoms with van der Waals surface area (Å²) >= 11 is 21.3. The molecule has 1 rings (SSSR count). The van der Waals surface area contributed by atoms with E-state index >= 15 is 0 Å². The summed E-state index contributed by atoms with van der Waals surface area (Å²) in [5.41, 5.74) is -0.0415. The van der Waals surface area contributed by atoms with Gasteiger partial charge in [0.1, 0.15) is 5.15 Å². The highest BCUT2D eigenvalue weighted by molar-refractivity contribution is 6.47. The first kappa shape index (κ1) is 10.3. The first-order valence-corrected chi connectivity index (χ1v) is 4.30. The lowest BCUT2D eigenvalue weighted by Gasteiger charge is -2.08. The van der Waals surface area contributed by atoms with E-state index in [4.69, 9.17) is 46.4 Å². The van der Waals surface area contributed by atoms with Crippen LogP contribution in [0, 0.1) is 0 Å². The standard InChI is InChI=1S/C6H2Cl4FN/c7-4-1-3(6(9,10)11)2-12-5(4)8/h1-2H. The van der Waals surface area contributed by atoms with E-state index in [1.807, 2.05) is 0 Å². The molecule has 1 nitrogen and oxygen atoms in total. The van der Waals surface area contributed by atoms with E-state index in [0.29, 0.717) is 0 Å². The maximum atomic E-state index is 12.8. The Morgan fingerprint density at radius 1 is 1.33 bits per heavy atom. The van der Waals surface area contributed by atoms with Crippen LogP contribution in [0.5, 0.6) is 0 Å². The van der Waals surface area contributed by atoms with Crippen molar-refractivity contribution < 1.29 is 4.39 Å². The van der Waals surface area contributed by atoms with Crippen molar-refractivity contribution in [1.29, 1.82) is 0 Å². The van der Waals surface area contributed by atoms with Crippen LogP contribution in [0.15, 0.2) is 12.3 Å². The van der Waals surface area contributed by atoms with Crippen LogP contribution in [0.4, 0.5) is 4.39 Å². The average Bonchev–Trinajstić information content (AvgIpc) is 1.92. The molecule has 0 bridgehead atoms. The molecular formula is C6H2Cl4FN. The molecule has 0 aliphatic carbocycles. The van der Waals surface area contributed by atoms with E-state index in [1.165, 1.54) is 6.07 Å². The minimum atomic E-state index is -2.48. The van der Waals surface area contributed by atoms with E-state index in [2.05, 4.69) is 4.98 Å². The van der Waals surface area contributed by atoms with E-state index in [1.54, 1.807) is 0 Å². The molecule has 0 aromatic carbocycles. The zero-order chi connectivity index (χ0) is 9.35. The van der Waals surface area contributed by atoms with Crippen molar-refractivity contribution in [3.05, 3.63) is 28.0 Å². The van der Waals surface area contributed by atoms with Crippen molar-refractivity contribution in [2.45, 2.75) is 4.59 Å². The number of aromatic nitrogens is 1. The third kappa shape index (κ3) is 2.36. The van der Waals surface area contributed by atoms with Crippen LogP contribution in [0.3, 0.4) is 0 Å². The molecule has 0 aliphatic rings. The Kier molecular flexibility index (Phi) is 3.05. The molecule has 0 aliphatic heterocycles. The normalized spacial score (nSPS) is 11.8. The summed E-state index contributed by atoms with van der Waals surface area (Å²) in [4.78, 5) is 3.57. The van der Waals surface area contributed by atoms with Crippen molar-refractivity contribution in [3.63, 3.8) is 0 Å². The Morgan fingerprint density at radius 2 is 1.92 bits per heavy atom. The van der Waals surface area contributed by atoms with Gasteiger partial charge in [0.2, 0.25) is 0 Å². The maximum Gasteiger partial charge on any atom is 0.284 e. The van der Waals surface area contributed by atoms with Gasteiger partial charge >= 0.3 is 0 Å². The third-order valence-corrected chi connectivity index (χ3v) is 2.25. The van der Waals surface area contributed by atoms with E-state index in [9.17, 15) is 4.39 Å². The summed E-state index contributed by atoms with van der Waals surface area (Å²) in [5.74, 6) is 0. The number of pyridine rings is 1. The lowest BCUT2D eigenvalue weighted by atomic mass is 10.3. The number of alkyl halides is 3. The van der Waals surface area contributed by atoms with E-state index in [-0.39, 0.29) is 15.7 Å². The molecule has 0 atom stereocenters. The Balaban J connectivity index is 3.14. The highest BCUT2D eigenvalue weighted by atomic mass is 35.5. The number of hydrogen-bond acceptors (Lipinski definition) is 1. The molecule has 1 aromatic rings. The van der Waals surface area contributed by atoms with Crippen LogP contribution in [0.2, 0.25) is 10.2 Å². The fourth-order valence-corrected chi connectivity index (χ4v) is 1.05. The summed E-state index contributed by atoms with van der Waals surface area (Å²) in [6.07, 6.45) is 1.12. The molecule has 0 amide bonds.